The molecular formula is C13H20O3. The summed E-state index contributed by atoms with van der Waals surface area (Å²) in [4.78, 5) is 11.4. The van der Waals surface area contributed by atoms with E-state index in [2.05, 4.69) is 0 Å². The first-order chi connectivity index (χ1) is 7.79. The second-order valence-corrected chi connectivity index (χ2v) is 2.78. The molecule has 0 bridgehead atoms. The van der Waals surface area contributed by atoms with Crippen molar-refractivity contribution >= 4 is 5.97 Å². The summed E-state index contributed by atoms with van der Waals surface area (Å²) in [7, 11) is 1.49. The largest absolute Gasteiger partial charge is 0.464 e. The predicted octanol–water partition coefficient (Wildman–Crippen LogP) is 2.96. The van der Waals surface area contributed by atoms with Gasteiger partial charge in [-0.3, -0.25) is 0 Å². The van der Waals surface area contributed by atoms with Crippen LogP contribution in [0.3, 0.4) is 0 Å². The van der Waals surface area contributed by atoms with E-state index >= 15 is 0 Å². The Morgan fingerprint density at radius 3 is 2.25 bits per heavy atom. The van der Waals surface area contributed by atoms with Gasteiger partial charge in [0.05, 0.1) is 6.61 Å². The van der Waals surface area contributed by atoms with Gasteiger partial charge in [0.1, 0.15) is 0 Å². The van der Waals surface area contributed by atoms with Gasteiger partial charge in [0.2, 0.25) is 0 Å². The third-order valence-electron chi connectivity index (χ3n) is 1.84. The molecule has 0 saturated carbocycles. The Labute approximate surface area is 97.4 Å². The Kier molecular flexibility index (Phi) is 8.17. The van der Waals surface area contributed by atoms with Crippen LogP contribution in [0.15, 0.2) is 30.3 Å². The highest BCUT2D eigenvalue weighted by Crippen LogP contribution is 2.17. The van der Waals surface area contributed by atoms with Gasteiger partial charge in [-0.25, -0.2) is 4.79 Å². The molecule has 0 aliphatic heterocycles. The monoisotopic (exact) mass is 224 g/mol. The summed E-state index contributed by atoms with van der Waals surface area (Å²) in [6.45, 7) is 6.14. The van der Waals surface area contributed by atoms with Crippen LogP contribution < -0.4 is 0 Å². The molecule has 0 unspecified atom stereocenters. The van der Waals surface area contributed by atoms with E-state index in [-0.39, 0.29) is 5.97 Å². The number of methoxy groups -OCH3 is 1. The zero-order valence-electron chi connectivity index (χ0n) is 10.4. The van der Waals surface area contributed by atoms with Gasteiger partial charge in [0.15, 0.2) is 6.10 Å². The van der Waals surface area contributed by atoms with Gasteiger partial charge in [-0.2, -0.15) is 0 Å². The molecule has 0 amide bonds. The van der Waals surface area contributed by atoms with Crippen molar-refractivity contribution in [1.82, 2.24) is 0 Å². The van der Waals surface area contributed by atoms with Crippen LogP contribution >= 0.6 is 0 Å². The SMILES string of the molecule is CC.CCOC(=O)[C@@H](OC)c1ccccc1. The summed E-state index contributed by atoms with van der Waals surface area (Å²) >= 11 is 0. The summed E-state index contributed by atoms with van der Waals surface area (Å²) < 4.78 is 9.96. The normalized spacial score (nSPS) is 11.0. The minimum absolute atomic E-state index is 0.346. The fraction of sp³-hybridized carbons (Fsp3) is 0.462. The lowest BCUT2D eigenvalue weighted by Crippen LogP contribution is -2.17. The molecule has 0 aliphatic carbocycles. The van der Waals surface area contributed by atoms with E-state index < -0.39 is 6.10 Å². The smallest absolute Gasteiger partial charge is 0.339 e. The molecule has 0 aromatic heterocycles. The Hall–Kier alpha value is -1.35. The number of benzene rings is 1. The minimum Gasteiger partial charge on any atom is -0.464 e. The highest BCUT2D eigenvalue weighted by molar-refractivity contribution is 5.76. The van der Waals surface area contributed by atoms with Gasteiger partial charge in [-0.05, 0) is 12.5 Å². The molecule has 16 heavy (non-hydrogen) atoms. The molecule has 0 fully saturated rings. The van der Waals surface area contributed by atoms with Gasteiger partial charge in [-0.15, -0.1) is 0 Å². The van der Waals surface area contributed by atoms with E-state index in [1.807, 2.05) is 44.2 Å². The molecule has 0 N–H and O–H groups in total. The Morgan fingerprint density at radius 1 is 1.25 bits per heavy atom. The lowest BCUT2D eigenvalue weighted by atomic mass is 10.1. The second-order valence-electron chi connectivity index (χ2n) is 2.78. The van der Waals surface area contributed by atoms with Gasteiger partial charge >= 0.3 is 5.97 Å². The average molecular weight is 224 g/mol. The van der Waals surface area contributed by atoms with Crippen LogP contribution in [0.4, 0.5) is 0 Å². The molecule has 1 aromatic carbocycles. The van der Waals surface area contributed by atoms with Crippen LogP contribution in [0.2, 0.25) is 0 Å². The van der Waals surface area contributed by atoms with Crippen molar-refractivity contribution in [2.45, 2.75) is 26.9 Å². The molecule has 0 radical (unpaired) electrons. The van der Waals surface area contributed by atoms with Crippen molar-refractivity contribution in [3.8, 4) is 0 Å². The van der Waals surface area contributed by atoms with Crippen LogP contribution in [0, 0.1) is 0 Å². The van der Waals surface area contributed by atoms with E-state index in [9.17, 15) is 4.79 Å². The summed E-state index contributed by atoms with van der Waals surface area (Å²) in [6.07, 6.45) is -0.615. The highest BCUT2D eigenvalue weighted by atomic mass is 16.6. The summed E-state index contributed by atoms with van der Waals surface area (Å²) in [5, 5.41) is 0. The Bertz CT molecular complexity index is 282. The van der Waals surface area contributed by atoms with E-state index in [0.29, 0.717) is 6.61 Å². The number of hydrogen-bond acceptors (Lipinski definition) is 3. The quantitative estimate of drug-likeness (QED) is 0.737. The number of ether oxygens (including phenoxy) is 2. The summed E-state index contributed by atoms with van der Waals surface area (Å²) in [5.41, 5.74) is 0.813. The maximum Gasteiger partial charge on any atom is 0.339 e. The highest BCUT2D eigenvalue weighted by Gasteiger charge is 2.20. The minimum atomic E-state index is -0.615. The van der Waals surface area contributed by atoms with Gasteiger partial charge in [0.25, 0.3) is 0 Å². The van der Waals surface area contributed by atoms with Crippen molar-refractivity contribution in [2.75, 3.05) is 13.7 Å². The topological polar surface area (TPSA) is 35.5 Å². The molecule has 3 nitrogen and oxygen atoms in total. The van der Waals surface area contributed by atoms with Crippen LogP contribution in [0.1, 0.15) is 32.4 Å². The number of carbonyl (C=O) groups is 1. The molecule has 90 valence electrons. The fourth-order valence-corrected chi connectivity index (χ4v) is 1.21. The standard InChI is InChI=1S/C11H14O3.C2H6/c1-3-14-11(12)10(13-2)9-7-5-4-6-8-9;1-2/h4-8,10H,3H2,1-2H3;1-2H3/t10-;/m0./s1. The Balaban J connectivity index is 0.00000106. The molecule has 1 rings (SSSR count). The van der Waals surface area contributed by atoms with E-state index in [4.69, 9.17) is 9.47 Å². The zero-order valence-corrected chi connectivity index (χ0v) is 10.4. The molecule has 0 aliphatic rings. The molecule has 0 heterocycles. The maximum atomic E-state index is 11.4. The van der Waals surface area contributed by atoms with Crippen LogP contribution in [-0.2, 0) is 14.3 Å². The molecule has 3 heteroatoms. The molecule has 1 atom stereocenters. The van der Waals surface area contributed by atoms with Crippen molar-refractivity contribution < 1.29 is 14.3 Å². The summed E-state index contributed by atoms with van der Waals surface area (Å²) in [6, 6.07) is 9.29. The zero-order chi connectivity index (χ0) is 12.4. The fourth-order valence-electron chi connectivity index (χ4n) is 1.21. The Morgan fingerprint density at radius 2 is 1.81 bits per heavy atom. The van der Waals surface area contributed by atoms with Crippen molar-refractivity contribution in [3.63, 3.8) is 0 Å². The molecule has 0 spiro atoms. The van der Waals surface area contributed by atoms with Gasteiger partial charge in [-0.1, -0.05) is 44.2 Å². The van der Waals surface area contributed by atoms with Gasteiger partial charge < -0.3 is 9.47 Å². The first-order valence-electron chi connectivity index (χ1n) is 5.54. The van der Waals surface area contributed by atoms with Crippen LogP contribution in [-0.4, -0.2) is 19.7 Å². The third kappa shape index (κ3) is 4.45. The third-order valence-corrected chi connectivity index (χ3v) is 1.84. The molecule has 1 aromatic rings. The number of rotatable bonds is 4. The van der Waals surface area contributed by atoms with Crippen molar-refractivity contribution in [2.24, 2.45) is 0 Å². The lowest BCUT2D eigenvalue weighted by Gasteiger charge is -2.13. The van der Waals surface area contributed by atoms with Crippen LogP contribution in [0.25, 0.3) is 0 Å². The first kappa shape index (κ1) is 14.6. The van der Waals surface area contributed by atoms with Crippen molar-refractivity contribution in [1.29, 1.82) is 0 Å². The lowest BCUT2D eigenvalue weighted by molar-refractivity contribution is -0.155. The van der Waals surface area contributed by atoms with Crippen LogP contribution in [0.5, 0.6) is 0 Å². The predicted molar refractivity (Wildman–Crippen MR) is 64.2 cm³/mol. The maximum absolute atomic E-state index is 11.4. The average Bonchev–Trinajstić information content (AvgIpc) is 2.34. The van der Waals surface area contributed by atoms with E-state index in [1.165, 1.54) is 7.11 Å². The first-order valence-corrected chi connectivity index (χ1v) is 5.54. The number of esters is 1. The number of carbonyl (C=O) groups excluding carboxylic acids is 1. The van der Waals surface area contributed by atoms with Gasteiger partial charge in [0, 0.05) is 7.11 Å². The van der Waals surface area contributed by atoms with E-state index in [0.717, 1.165) is 5.56 Å². The second kappa shape index (κ2) is 8.92. The molecular weight excluding hydrogens is 204 g/mol. The van der Waals surface area contributed by atoms with E-state index in [1.54, 1.807) is 6.92 Å². The molecule has 0 saturated heterocycles. The summed E-state index contributed by atoms with van der Waals surface area (Å²) in [5.74, 6) is -0.346. The number of hydrogen-bond donors (Lipinski definition) is 0. The van der Waals surface area contributed by atoms with Crippen molar-refractivity contribution in [3.05, 3.63) is 35.9 Å².